The van der Waals surface area contributed by atoms with Gasteiger partial charge in [0.2, 0.25) is 0 Å². The number of rotatable bonds is 5. The summed E-state index contributed by atoms with van der Waals surface area (Å²) in [6.07, 6.45) is 0. The number of hydrogen-bond acceptors (Lipinski definition) is 3. The van der Waals surface area contributed by atoms with Crippen molar-refractivity contribution in [3.63, 3.8) is 0 Å². The summed E-state index contributed by atoms with van der Waals surface area (Å²) in [6.45, 7) is 3.32. The van der Waals surface area contributed by atoms with Crippen LogP contribution in [0.4, 0.5) is 5.69 Å². The number of carbonyl (C=O) groups is 1. The van der Waals surface area contributed by atoms with Crippen LogP contribution in [-0.4, -0.2) is 25.7 Å². The number of fused-ring (bicyclic) bond motifs is 1. The predicted octanol–water partition coefficient (Wildman–Crippen LogP) is 3.03. The Kier molecular flexibility index (Phi) is 5.68. The highest BCUT2D eigenvalue weighted by Crippen LogP contribution is 2.32. The summed E-state index contributed by atoms with van der Waals surface area (Å²) in [5.41, 5.74) is 1.62. The summed E-state index contributed by atoms with van der Waals surface area (Å²) in [7, 11) is 0. The summed E-state index contributed by atoms with van der Waals surface area (Å²) in [5, 5.41) is 5.98. The third-order valence-corrected chi connectivity index (χ3v) is 4.50. The molecule has 1 aliphatic rings. The highest BCUT2D eigenvalue weighted by atomic mass is 35.5. The van der Waals surface area contributed by atoms with Gasteiger partial charge in [-0.2, -0.15) is 0 Å². The van der Waals surface area contributed by atoms with Crippen LogP contribution in [0.25, 0.3) is 0 Å². The Labute approximate surface area is 156 Å². The molecule has 1 aliphatic heterocycles. The van der Waals surface area contributed by atoms with E-state index in [2.05, 4.69) is 5.32 Å². The molecule has 2 aromatic carbocycles. The van der Waals surface area contributed by atoms with Crippen LogP contribution in [0.15, 0.2) is 36.4 Å². The topological polar surface area (TPSA) is 64.2 Å². The Hall–Kier alpha value is -1.95. The Morgan fingerprint density at radius 1 is 1.16 bits per heavy atom. The molecule has 7 heteroatoms. The average molecular weight is 382 g/mol. The van der Waals surface area contributed by atoms with E-state index in [9.17, 15) is 4.79 Å². The van der Waals surface area contributed by atoms with Gasteiger partial charge >= 0.3 is 0 Å². The van der Waals surface area contributed by atoms with Crippen molar-refractivity contribution in [2.45, 2.75) is 13.0 Å². The molecule has 2 aromatic rings. The number of benzene rings is 2. The standard InChI is InChI=1S/C18H18Cl2N2O3/c1-11(14-4-2-12(19)8-15(14)20)21-10-18(23)22-13-3-5-16-17(9-13)25-7-6-24-16/h2-5,8-9,11,21H,6-7,10H2,1H3,(H,22,23)/p+1/t11-/m0/s1. The number of nitrogens with one attached hydrogen (secondary N) is 1. The second-order valence-electron chi connectivity index (χ2n) is 5.80. The number of halogens is 2. The van der Waals surface area contributed by atoms with Gasteiger partial charge in [-0.15, -0.1) is 0 Å². The van der Waals surface area contributed by atoms with Crippen molar-refractivity contribution in [2.24, 2.45) is 0 Å². The van der Waals surface area contributed by atoms with Crippen molar-refractivity contribution in [1.29, 1.82) is 0 Å². The summed E-state index contributed by atoms with van der Waals surface area (Å²) in [4.78, 5) is 12.2. The molecule has 0 spiro atoms. The number of anilines is 1. The molecule has 25 heavy (non-hydrogen) atoms. The minimum atomic E-state index is -0.103. The maximum Gasteiger partial charge on any atom is 0.279 e. The first-order valence-corrected chi connectivity index (χ1v) is 8.76. The van der Waals surface area contributed by atoms with Crippen LogP contribution in [0.1, 0.15) is 18.5 Å². The molecular weight excluding hydrogens is 363 g/mol. The van der Waals surface area contributed by atoms with E-state index in [1.54, 1.807) is 30.3 Å². The Morgan fingerprint density at radius 3 is 2.68 bits per heavy atom. The smallest absolute Gasteiger partial charge is 0.279 e. The summed E-state index contributed by atoms with van der Waals surface area (Å²) in [5.74, 6) is 1.24. The van der Waals surface area contributed by atoms with Crippen molar-refractivity contribution >= 4 is 34.8 Å². The Morgan fingerprint density at radius 2 is 1.92 bits per heavy atom. The molecule has 0 saturated carbocycles. The molecular formula is C18H19Cl2N2O3+. The largest absolute Gasteiger partial charge is 0.486 e. The van der Waals surface area contributed by atoms with Crippen LogP contribution in [0.5, 0.6) is 11.5 Å². The van der Waals surface area contributed by atoms with Crippen LogP contribution < -0.4 is 20.1 Å². The van der Waals surface area contributed by atoms with Gasteiger partial charge in [0.15, 0.2) is 18.0 Å². The number of hydrogen-bond donors (Lipinski definition) is 2. The first-order valence-electron chi connectivity index (χ1n) is 8.00. The van der Waals surface area contributed by atoms with E-state index in [1.807, 2.05) is 18.3 Å². The molecule has 3 rings (SSSR count). The second-order valence-corrected chi connectivity index (χ2v) is 6.64. The molecule has 1 heterocycles. The second kappa shape index (κ2) is 7.95. The van der Waals surface area contributed by atoms with E-state index in [0.717, 1.165) is 5.56 Å². The Balaban J connectivity index is 1.56. The summed E-state index contributed by atoms with van der Waals surface area (Å²) in [6, 6.07) is 10.8. The van der Waals surface area contributed by atoms with Crippen molar-refractivity contribution in [1.82, 2.24) is 0 Å². The fraction of sp³-hybridized carbons (Fsp3) is 0.278. The molecule has 0 bridgehead atoms. The number of ether oxygens (including phenoxy) is 2. The van der Waals surface area contributed by atoms with Crippen LogP contribution in [-0.2, 0) is 4.79 Å². The first-order chi connectivity index (χ1) is 12.0. The third kappa shape index (κ3) is 4.57. The molecule has 0 radical (unpaired) electrons. The van der Waals surface area contributed by atoms with E-state index in [1.165, 1.54) is 0 Å². The van der Waals surface area contributed by atoms with Gasteiger partial charge in [-0.3, -0.25) is 4.79 Å². The average Bonchev–Trinajstić information content (AvgIpc) is 2.59. The van der Waals surface area contributed by atoms with Gasteiger partial charge < -0.3 is 20.1 Å². The van der Waals surface area contributed by atoms with E-state index in [-0.39, 0.29) is 18.5 Å². The SMILES string of the molecule is C[C@H]([NH2+]CC(=O)Nc1ccc2c(c1)OCCO2)c1ccc(Cl)cc1Cl. The van der Waals surface area contributed by atoms with Crippen LogP contribution in [0.2, 0.25) is 10.0 Å². The lowest BCUT2D eigenvalue weighted by molar-refractivity contribution is -0.682. The molecule has 1 atom stereocenters. The lowest BCUT2D eigenvalue weighted by atomic mass is 10.1. The molecule has 0 fully saturated rings. The zero-order valence-electron chi connectivity index (χ0n) is 13.7. The summed E-state index contributed by atoms with van der Waals surface area (Å²) >= 11 is 12.1. The fourth-order valence-corrected chi connectivity index (χ4v) is 3.20. The quantitative estimate of drug-likeness (QED) is 0.836. The van der Waals surface area contributed by atoms with E-state index in [4.69, 9.17) is 32.7 Å². The van der Waals surface area contributed by atoms with Gasteiger partial charge in [0, 0.05) is 22.3 Å². The lowest BCUT2D eigenvalue weighted by Crippen LogP contribution is -2.86. The van der Waals surface area contributed by atoms with E-state index >= 15 is 0 Å². The number of nitrogens with two attached hydrogens (primary N) is 1. The van der Waals surface area contributed by atoms with Gasteiger partial charge in [-0.25, -0.2) is 0 Å². The first kappa shape index (κ1) is 17.9. The summed E-state index contributed by atoms with van der Waals surface area (Å²) < 4.78 is 11.0. The molecule has 5 nitrogen and oxygen atoms in total. The molecule has 3 N–H and O–H groups in total. The van der Waals surface area contributed by atoms with Crippen LogP contribution in [0.3, 0.4) is 0 Å². The minimum Gasteiger partial charge on any atom is -0.486 e. The Bertz CT molecular complexity index is 783. The van der Waals surface area contributed by atoms with Gasteiger partial charge in [-0.1, -0.05) is 29.3 Å². The van der Waals surface area contributed by atoms with Crippen molar-refractivity contribution in [3.05, 3.63) is 52.0 Å². The highest BCUT2D eigenvalue weighted by Gasteiger charge is 2.16. The maximum absolute atomic E-state index is 12.2. The van der Waals surface area contributed by atoms with Gasteiger partial charge in [0.25, 0.3) is 5.91 Å². The maximum atomic E-state index is 12.2. The minimum absolute atomic E-state index is 0.0378. The van der Waals surface area contributed by atoms with Crippen LogP contribution >= 0.6 is 23.2 Å². The zero-order valence-corrected chi connectivity index (χ0v) is 15.2. The number of carbonyl (C=O) groups excluding carboxylic acids is 1. The normalized spacial score (nSPS) is 14.0. The van der Waals surface area contributed by atoms with Gasteiger partial charge in [0.05, 0.1) is 5.02 Å². The number of amides is 1. The molecule has 0 aromatic heterocycles. The molecule has 0 aliphatic carbocycles. The van der Waals surface area contributed by atoms with Crippen LogP contribution in [0, 0.1) is 0 Å². The molecule has 0 unspecified atom stereocenters. The van der Waals surface area contributed by atoms with Crippen molar-refractivity contribution < 1.29 is 19.6 Å². The molecule has 1 amide bonds. The lowest BCUT2D eigenvalue weighted by Gasteiger charge is -2.19. The van der Waals surface area contributed by atoms with Crippen molar-refractivity contribution in [3.8, 4) is 11.5 Å². The predicted molar refractivity (Wildman–Crippen MR) is 97.7 cm³/mol. The monoisotopic (exact) mass is 381 g/mol. The van der Waals surface area contributed by atoms with Gasteiger partial charge in [0.1, 0.15) is 19.3 Å². The fourth-order valence-electron chi connectivity index (χ4n) is 2.61. The van der Waals surface area contributed by atoms with Crippen molar-refractivity contribution in [2.75, 3.05) is 25.1 Å². The van der Waals surface area contributed by atoms with E-state index < -0.39 is 0 Å². The van der Waals surface area contributed by atoms with E-state index in [0.29, 0.717) is 40.4 Å². The third-order valence-electron chi connectivity index (χ3n) is 3.94. The number of quaternary nitrogens is 1. The molecule has 132 valence electrons. The van der Waals surface area contributed by atoms with Gasteiger partial charge in [-0.05, 0) is 31.2 Å². The molecule has 0 saturated heterocycles. The highest BCUT2D eigenvalue weighted by molar-refractivity contribution is 6.35. The zero-order chi connectivity index (χ0) is 17.8.